The van der Waals surface area contributed by atoms with Gasteiger partial charge in [-0.15, -0.1) is 0 Å². The summed E-state index contributed by atoms with van der Waals surface area (Å²) in [5.41, 5.74) is 15.1. The van der Waals surface area contributed by atoms with Crippen LogP contribution in [0.25, 0.3) is 60.1 Å². The average molecular weight is 721 g/mol. The second-order valence-electron chi connectivity index (χ2n) is 13.2. The zero-order chi connectivity index (χ0) is 38.7. The van der Waals surface area contributed by atoms with Crippen LogP contribution in [-0.4, -0.2) is 15.9 Å². The van der Waals surface area contributed by atoms with E-state index < -0.39 is 0 Å². The first-order valence-corrected chi connectivity index (χ1v) is 18.4. The van der Waals surface area contributed by atoms with Crippen LogP contribution >= 0.6 is 0 Å². The van der Waals surface area contributed by atoms with E-state index in [1.165, 1.54) is 71.2 Å². The quantitative estimate of drug-likeness (QED) is 0.0569. The van der Waals surface area contributed by atoms with Crippen LogP contribution in [0.1, 0.15) is 30.0 Å². The fraction of sp³-hybridized carbons (Fsp3) is 0.0816. The highest BCUT2D eigenvalue weighted by Crippen LogP contribution is 2.38. The van der Waals surface area contributed by atoms with E-state index in [1.807, 2.05) is 30.4 Å². The Hall–Kier alpha value is -6.57. The summed E-state index contributed by atoms with van der Waals surface area (Å²) in [6.07, 6.45) is 6.01. The number of hydrogen-bond acceptors (Lipinski definition) is 4. The molecule has 0 aliphatic carbocycles. The van der Waals surface area contributed by atoms with Crippen molar-refractivity contribution in [2.75, 3.05) is 0 Å². The molecule has 6 heteroatoms. The normalized spacial score (nSPS) is 12.1. The Morgan fingerprint density at radius 2 is 1.13 bits per heavy atom. The highest BCUT2D eigenvalue weighted by atomic mass is 15.0. The highest BCUT2D eigenvalue weighted by molar-refractivity contribution is 6.18. The molecule has 0 spiro atoms. The molecule has 2 heterocycles. The third kappa shape index (κ3) is 7.74. The maximum Gasteiger partial charge on any atom is 0.0562 e. The van der Waals surface area contributed by atoms with Gasteiger partial charge in [0.1, 0.15) is 0 Å². The van der Waals surface area contributed by atoms with Crippen LogP contribution in [0.4, 0.5) is 0 Å². The number of para-hydroxylation sites is 3. The number of allylic oxidation sites excluding steroid dienone is 3. The number of nitrogens with two attached hydrogens (primary N) is 3. The van der Waals surface area contributed by atoms with Gasteiger partial charge in [0.05, 0.1) is 16.6 Å². The standard InChI is InChI=1S/C29H22N2.C19H19N.CH3N.H4N2/c1-2-3-11-18-30-26-16-9-7-14-22(26)24-19-25-23-15-8-10-17-27(23)31(29(25)20-28(24)30)21-12-5-4-6-13-21;1-14(19(20)16-8-3-2-4-9-16)17-12-11-15-7-5-6-10-18(15)13-17;2*1-2/h2-17,19-20H,1,18H2;2-14,19H,20H2,1H3;2H,1H2;1-2H2/b11-3-;;;. The minimum Gasteiger partial charge on any atom is -0.337 e. The van der Waals surface area contributed by atoms with Crippen LogP contribution in [0.15, 0.2) is 189 Å². The van der Waals surface area contributed by atoms with Crippen LogP contribution < -0.4 is 17.4 Å². The molecule has 0 fully saturated rings. The van der Waals surface area contributed by atoms with Crippen LogP contribution in [0.2, 0.25) is 0 Å². The molecule has 0 aliphatic rings. The van der Waals surface area contributed by atoms with Crippen molar-refractivity contribution < 1.29 is 0 Å². The van der Waals surface area contributed by atoms with Gasteiger partial charge in [-0.05, 0) is 65.0 Å². The van der Waals surface area contributed by atoms with Gasteiger partial charge in [-0.25, -0.2) is 0 Å². The lowest BCUT2D eigenvalue weighted by Gasteiger charge is -2.21. The van der Waals surface area contributed by atoms with E-state index in [4.69, 9.17) is 11.1 Å². The first-order chi connectivity index (χ1) is 27.1. The van der Waals surface area contributed by atoms with Gasteiger partial charge in [0.25, 0.3) is 0 Å². The van der Waals surface area contributed by atoms with Gasteiger partial charge in [-0.2, -0.15) is 0 Å². The predicted molar refractivity (Wildman–Crippen MR) is 237 cm³/mol. The molecule has 7 N–H and O–H groups in total. The number of nitrogens with one attached hydrogen (secondary N) is 1. The molecular weight excluding hydrogens is 673 g/mol. The van der Waals surface area contributed by atoms with Crippen molar-refractivity contribution in [3.05, 3.63) is 200 Å². The van der Waals surface area contributed by atoms with E-state index >= 15 is 0 Å². The topological polar surface area (TPSA) is 112 Å². The Balaban J connectivity index is 0.000000186. The monoisotopic (exact) mass is 720 g/mol. The molecule has 274 valence electrons. The Morgan fingerprint density at radius 1 is 0.564 bits per heavy atom. The van der Waals surface area contributed by atoms with Crippen LogP contribution in [-0.2, 0) is 6.54 Å². The zero-order valence-electron chi connectivity index (χ0n) is 31.2. The molecule has 55 heavy (non-hydrogen) atoms. The summed E-state index contributed by atoms with van der Waals surface area (Å²) in [5.74, 6) is 8.29. The second kappa shape index (κ2) is 18.0. The van der Waals surface area contributed by atoms with Crippen LogP contribution in [0, 0.1) is 5.41 Å². The molecule has 0 saturated heterocycles. The van der Waals surface area contributed by atoms with Crippen LogP contribution in [0.5, 0.6) is 0 Å². The molecular formula is C49H48N6. The lowest BCUT2D eigenvalue weighted by molar-refractivity contribution is 0.598. The van der Waals surface area contributed by atoms with E-state index in [-0.39, 0.29) is 6.04 Å². The molecule has 9 aromatic rings. The van der Waals surface area contributed by atoms with E-state index in [9.17, 15) is 0 Å². The van der Waals surface area contributed by atoms with Crippen molar-refractivity contribution >= 4 is 61.1 Å². The van der Waals surface area contributed by atoms with Crippen molar-refractivity contribution in [2.24, 2.45) is 17.4 Å². The highest BCUT2D eigenvalue weighted by Gasteiger charge is 2.18. The molecule has 0 amide bonds. The van der Waals surface area contributed by atoms with Crippen molar-refractivity contribution in [1.82, 2.24) is 9.13 Å². The SMILES string of the molecule is C=C/C=C\Cn1c2ccccc2c2cc3c4ccccc4n(-c4ccccc4)c3cc21.C=N.CC(c1ccc2ccccc2c1)C(N)c1ccccc1.NN. The molecule has 2 atom stereocenters. The number of hydrazine groups is 1. The van der Waals surface area contributed by atoms with Gasteiger partial charge < -0.3 is 20.3 Å². The lowest BCUT2D eigenvalue weighted by atomic mass is 9.88. The average Bonchev–Trinajstić information content (AvgIpc) is 3.76. The third-order valence-electron chi connectivity index (χ3n) is 10.2. The van der Waals surface area contributed by atoms with E-state index in [1.54, 1.807) is 0 Å². The van der Waals surface area contributed by atoms with Gasteiger partial charge in [-0.1, -0.05) is 159 Å². The summed E-state index contributed by atoms with van der Waals surface area (Å²) in [6.45, 7) is 9.32. The number of hydrogen-bond donors (Lipinski definition) is 4. The van der Waals surface area contributed by atoms with Crippen molar-refractivity contribution in [3.63, 3.8) is 0 Å². The lowest BCUT2D eigenvalue weighted by Crippen LogP contribution is -2.17. The molecule has 6 nitrogen and oxygen atoms in total. The molecule has 0 aliphatic heterocycles. The number of nitrogens with zero attached hydrogens (tertiary/aromatic N) is 2. The number of fused-ring (bicyclic) bond motifs is 7. The van der Waals surface area contributed by atoms with Crippen molar-refractivity contribution in [3.8, 4) is 5.69 Å². The summed E-state index contributed by atoms with van der Waals surface area (Å²) in [6, 6.07) is 58.2. The minimum absolute atomic E-state index is 0.0253. The second-order valence-corrected chi connectivity index (χ2v) is 13.2. The van der Waals surface area contributed by atoms with Gasteiger partial charge in [0.2, 0.25) is 0 Å². The van der Waals surface area contributed by atoms with E-state index in [0.717, 1.165) is 6.54 Å². The molecule has 0 radical (unpaired) electrons. The molecule has 7 aromatic carbocycles. The van der Waals surface area contributed by atoms with Gasteiger partial charge in [0, 0.05) is 51.3 Å². The third-order valence-corrected chi connectivity index (χ3v) is 10.2. The first kappa shape index (κ1) is 38.2. The number of aromatic nitrogens is 2. The fourth-order valence-electron chi connectivity index (χ4n) is 7.49. The molecule has 9 rings (SSSR count). The summed E-state index contributed by atoms with van der Waals surface area (Å²) in [7, 11) is 0. The van der Waals surface area contributed by atoms with Crippen molar-refractivity contribution in [1.29, 1.82) is 5.41 Å². The van der Waals surface area contributed by atoms with E-state index in [0.29, 0.717) is 5.92 Å². The number of benzene rings is 7. The van der Waals surface area contributed by atoms with Gasteiger partial charge in [-0.3, -0.25) is 11.7 Å². The minimum atomic E-state index is 0.0253. The van der Waals surface area contributed by atoms with Crippen LogP contribution in [0.3, 0.4) is 0 Å². The maximum absolute atomic E-state index is 6.41. The Kier molecular flexibility index (Phi) is 12.5. The number of rotatable bonds is 7. The molecule has 0 saturated carbocycles. The summed E-state index contributed by atoms with van der Waals surface area (Å²) >= 11 is 0. The largest absolute Gasteiger partial charge is 0.337 e. The Labute approximate surface area is 322 Å². The molecule has 2 unspecified atom stereocenters. The molecule has 0 bridgehead atoms. The first-order valence-electron chi connectivity index (χ1n) is 18.4. The maximum atomic E-state index is 6.41. The summed E-state index contributed by atoms with van der Waals surface area (Å²) in [4.78, 5) is 0. The Morgan fingerprint density at radius 3 is 1.82 bits per heavy atom. The van der Waals surface area contributed by atoms with E-state index in [2.05, 4.69) is 193 Å². The Bertz CT molecular complexity index is 2690. The fourth-order valence-corrected chi connectivity index (χ4v) is 7.49. The smallest absolute Gasteiger partial charge is 0.0562 e. The van der Waals surface area contributed by atoms with Crippen molar-refractivity contribution in [2.45, 2.75) is 25.4 Å². The summed E-state index contributed by atoms with van der Waals surface area (Å²) in [5, 5.41) is 13.2. The molecule has 2 aromatic heterocycles. The van der Waals surface area contributed by atoms with Gasteiger partial charge >= 0.3 is 0 Å². The van der Waals surface area contributed by atoms with Gasteiger partial charge in [0.15, 0.2) is 0 Å². The summed E-state index contributed by atoms with van der Waals surface area (Å²) < 4.78 is 4.78. The zero-order valence-corrected chi connectivity index (χ0v) is 31.2. The predicted octanol–water partition coefficient (Wildman–Crippen LogP) is 11.4.